The Morgan fingerprint density at radius 2 is 1.33 bits per heavy atom. The van der Waals surface area contributed by atoms with Crippen molar-refractivity contribution < 1.29 is 38.3 Å². The van der Waals surface area contributed by atoms with E-state index in [2.05, 4.69) is 36.5 Å². The molecule has 0 aliphatic heterocycles. The zero-order chi connectivity index (χ0) is 11.1. The molecule has 75 valence electrons. The molecule has 0 bridgehead atoms. The topological polar surface area (TPSA) is 69.2 Å². The molecule has 0 aromatic heterocycles. The number of hydrogen-bond acceptors (Lipinski definition) is 3. The maximum absolute atomic E-state index is 8.42. The van der Waals surface area contributed by atoms with Gasteiger partial charge in [-0.3, -0.25) is 7.32 Å². The first-order chi connectivity index (χ1) is 7.18. The van der Waals surface area contributed by atoms with Crippen LogP contribution in [-0.2, 0) is 23.2 Å². The standard InChI is InChI=1S/2C5H5.BO3.Zr/c2*1-2-4-5-3-1;2-1(3)4;/h2*1-3H,4H2;;/q;;-3;+3. The zero-order valence-corrected chi connectivity index (χ0v) is 10.6. The molecule has 0 fully saturated rings. The van der Waals surface area contributed by atoms with E-state index in [0.29, 0.717) is 0 Å². The molecule has 2 aliphatic carbocycles. The second-order valence-electron chi connectivity index (χ2n) is 3.06. The second kappa shape index (κ2) is 7.13. The molecule has 3 nitrogen and oxygen atoms in total. The average Bonchev–Trinajstić information content (AvgIpc) is 2.76. The maximum Gasteiger partial charge on any atom is -0.278 e. The van der Waals surface area contributed by atoms with Gasteiger partial charge in [-0.25, -0.2) is 0 Å². The molecule has 0 atom stereocenters. The smallest absolute Gasteiger partial charge is 0.278 e. The summed E-state index contributed by atoms with van der Waals surface area (Å²) >= 11 is -0.312. The van der Waals surface area contributed by atoms with Gasteiger partial charge in [0.15, 0.2) is 0 Å². The predicted molar refractivity (Wildman–Crippen MR) is 49.4 cm³/mol. The summed E-state index contributed by atoms with van der Waals surface area (Å²) in [5.74, 6) is 0. The van der Waals surface area contributed by atoms with Crippen molar-refractivity contribution in [1.82, 2.24) is 0 Å². The van der Waals surface area contributed by atoms with E-state index in [1.165, 1.54) is 12.8 Å². The van der Waals surface area contributed by atoms with Gasteiger partial charge in [-0.1, -0.05) is 0 Å². The van der Waals surface area contributed by atoms with Crippen LogP contribution in [0.2, 0.25) is 0 Å². The Kier molecular flexibility index (Phi) is 6.11. The van der Waals surface area contributed by atoms with Crippen molar-refractivity contribution in [2.75, 3.05) is 0 Å². The molecule has 0 N–H and O–H groups in total. The van der Waals surface area contributed by atoms with Crippen LogP contribution in [-0.4, -0.2) is 7.32 Å². The number of rotatable bonds is 2. The van der Waals surface area contributed by atoms with E-state index in [9.17, 15) is 0 Å². The molecule has 2 aliphatic rings. The summed E-state index contributed by atoms with van der Waals surface area (Å²) in [6.07, 6.45) is 16.0. The predicted octanol–water partition coefficient (Wildman–Crippen LogP) is -1.19. The first kappa shape index (κ1) is 12.9. The molecule has 2 rings (SSSR count). The normalized spacial score (nSPS) is 16.5. The molecule has 0 aromatic carbocycles. The van der Waals surface area contributed by atoms with Crippen molar-refractivity contribution in [3.05, 3.63) is 43.0 Å². The summed E-state index contributed by atoms with van der Waals surface area (Å²) in [6.45, 7) is 0. The summed E-state index contributed by atoms with van der Waals surface area (Å²) in [5, 5.41) is 25.2. The quantitative estimate of drug-likeness (QED) is 0.597. The molecule has 0 radical (unpaired) electrons. The van der Waals surface area contributed by atoms with E-state index < -0.39 is 7.32 Å². The van der Waals surface area contributed by atoms with Crippen LogP contribution in [0.3, 0.4) is 0 Å². The van der Waals surface area contributed by atoms with Crippen molar-refractivity contribution in [2.24, 2.45) is 0 Å². The molecule has 0 amide bonds. The minimum atomic E-state index is -2.92. The number of hydrogen-bond donors (Lipinski definition) is 0. The Hall–Kier alpha value is -0.212. The van der Waals surface area contributed by atoms with Crippen LogP contribution in [0.5, 0.6) is 0 Å². The monoisotopic (exact) mass is 279 g/mol. The van der Waals surface area contributed by atoms with Gasteiger partial charge in [0.1, 0.15) is 0 Å². The first-order valence-corrected chi connectivity index (χ1v) is 7.10. The molecule has 0 aromatic rings. The van der Waals surface area contributed by atoms with Gasteiger partial charge in [0.2, 0.25) is 0 Å². The second-order valence-corrected chi connectivity index (χ2v) is 6.83. The van der Waals surface area contributed by atoms with Gasteiger partial charge >= 0.3 is 79.1 Å². The fraction of sp³-hybridized carbons (Fsp3) is 0.200. The third-order valence-corrected chi connectivity index (χ3v) is 5.27. The molecule has 0 heterocycles. The number of allylic oxidation sites excluding steroid dienone is 8. The molecular weight excluding hydrogens is 270 g/mol. The summed E-state index contributed by atoms with van der Waals surface area (Å²) in [6, 6.07) is 0. The Morgan fingerprint density at radius 1 is 0.933 bits per heavy atom. The fourth-order valence-corrected chi connectivity index (χ4v) is 4.26. The van der Waals surface area contributed by atoms with Crippen molar-refractivity contribution in [3.63, 3.8) is 0 Å². The Balaban J connectivity index is 0.000000245. The third-order valence-electron chi connectivity index (χ3n) is 1.86. The molecule has 15 heavy (non-hydrogen) atoms. The Morgan fingerprint density at radius 3 is 1.60 bits per heavy atom. The molecule has 0 saturated heterocycles. The van der Waals surface area contributed by atoms with Crippen LogP contribution in [0.1, 0.15) is 12.8 Å². The van der Waals surface area contributed by atoms with E-state index in [1.807, 2.05) is 0 Å². The van der Waals surface area contributed by atoms with Crippen molar-refractivity contribution in [3.8, 4) is 0 Å². The van der Waals surface area contributed by atoms with E-state index in [-0.39, 0.29) is 23.2 Å². The van der Waals surface area contributed by atoms with E-state index in [0.717, 1.165) is 0 Å². The van der Waals surface area contributed by atoms with Crippen molar-refractivity contribution in [2.45, 2.75) is 12.8 Å². The molecular formula is C10H10BO3Zr. The zero-order valence-electron chi connectivity index (χ0n) is 8.18. The van der Waals surface area contributed by atoms with E-state index >= 15 is 0 Å². The summed E-state index contributed by atoms with van der Waals surface area (Å²) in [4.78, 5) is 0. The van der Waals surface area contributed by atoms with Crippen molar-refractivity contribution in [1.29, 1.82) is 0 Å². The van der Waals surface area contributed by atoms with Crippen LogP contribution in [0.15, 0.2) is 43.0 Å². The van der Waals surface area contributed by atoms with Crippen LogP contribution < -0.4 is 15.1 Å². The van der Waals surface area contributed by atoms with Crippen LogP contribution >= 0.6 is 0 Å². The largest absolute Gasteiger partial charge is 0.907 e. The summed E-state index contributed by atoms with van der Waals surface area (Å²) < 4.78 is 3.45. The van der Waals surface area contributed by atoms with Gasteiger partial charge in [0.05, 0.1) is 0 Å². The minimum absolute atomic E-state index is 0.312. The Labute approximate surface area is 101 Å². The SMILES string of the molecule is C1=CC[C]([Zr+3][C]2=CC=CC2)=C1.[O-]B([O-])[O-]. The van der Waals surface area contributed by atoms with Crippen LogP contribution in [0, 0.1) is 0 Å². The maximum atomic E-state index is 8.42. The van der Waals surface area contributed by atoms with Gasteiger partial charge in [0, 0.05) is 0 Å². The van der Waals surface area contributed by atoms with Crippen LogP contribution in [0.25, 0.3) is 0 Å². The third kappa shape index (κ3) is 6.06. The van der Waals surface area contributed by atoms with Gasteiger partial charge in [0.25, 0.3) is 0 Å². The molecule has 0 unspecified atom stereocenters. The average molecular weight is 280 g/mol. The van der Waals surface area contributed by atoms with Crippen molar-refractivity contribution >= 4 is 7.32 Å². The van der Waals surface area contributed by atoms with Gasteiger partial charge in [-0.05, 0) is 0 Å². The van der Waals surface area contributed by atoms with E-state index in [4.69, 9.17) is 15.1 Å². The Bertz CT molecular complexity index is 288. The minimum Gasteiger partial charge on any atom is -0.907 e. The van der Waals surface area contributed by atoms with Gasteiger partial charge in [-0.2, -0.15) is 0 Å². The van der Waals surface area contributed by atoms with E-state index in [1.54, 1.807) is 6.56 Å². The molecule has 0 spiro atoms. The van der Waals surface area contributed by atoms with Gasteiger partial charge < -0.3 is 15.1 Å². The fourth-order valence-electron chi connectivity index (χ4n) is 1.29. The summed E-state index contributed by atoms with van der Waals surface area (Å²) in [7, 11) is -2.92. The molecule has 5 heteroatoms. The summed E-state index contributed by atoms with van der Waals surface area (Å²) in [5.41, 5.74) is 0. The molecule has 0 saturated carbocycles. The van der Waals surface area contributed by atoms with Gasteiger partial charge in [-0.15, -0.1) is 0 Å². The van der Waals surface area contributed by atoms with Crippen LogP contribution in [0.4, 0.5) is 0 Å². The first-order valence-electron chi connectivity index (χ1n) is 4.64.